The highest BCUT2D eigenvalue weighted by Gasteiger charge is 1.96. The number of hydrogen-bond acceptors (Lipinski definition) is 3. The molecule has 0 bridgehead atoms. The summed E-state index contributed by atoms with van der Waals surface area (Å²) in [5.41, 5.74) is 3.69. The first-order valence-corrected chi connectivity index (χ1v) is 5.44. The van der Waals surface area contributed by atoms with Crippen molar-refractivity contribution in [2.75, 3.05) is 5.32 Å². The van der Waals surface area contributed by atoms with E-state index in [9.17, 15) is 0 Å². The minimum Gasteiger partial charge on any atom is -0.379 e. The van der Waals surface area contributed by atoms with E-state index in [-0.39, 0.29) is 0 Å². The quantitative estimate of drug-likeness (QED) is 0.870. The van der Waals surface area contributed by atoms with Gasteiger partial charge in [-0.1, -0.05) is 6.07 Å². The van der Waals surface area contributed by atoms with Crippen molar-refractivity contribution in [1.82, 2.24) is 4.98 Å². The van der Waals surface area contributed by atoms with E-state index in [2.05, 4.69) is 16.4 Å². The highest BCUT2D eigenvalue weighted by molar-refractivity contribution is 5.47. The molecule has 0 aliphatic rings. The second kappa shape index (κ2) is 5.13. The van der Waals surface area contributed by atoms with Gasteiger partial charge in [-0.15, -0.1) is 0 Å². The van der Waals surface area contributed by atoms with Crippen LogP contribution in [0.15, 0.2) is 42.5 Å². The number of aryl methyl sites for hydroxylation is 1. The number of nitriles is 1. The number of nitrogens with one attached hydrogen (secondary N) is 1. The van der Waals surface area contributed by atoms with Crippen molar-refractivity contribution in [3.63, 3.8) is 0 Å². The van der Waals surface area contributed by atoms with E-state index in [0.29, 0.717) is 12.1 Å². The third kappa shape index (κ3) is 3.05. The predicted octanol–water partition coefficient (Wildman–Crippen LogP) is 2.87. The Kier molecular flexibility index (Phi) is 3.37. The van der Waals surface area contributed by atoms with E-state index in [0.717, 1.165) is 17.1 Å². The maximum absolute atomic E-state index is 8.69. The molecule has 1 N–H and O–H groups in total. The summed E-state index contributed by atoms with van der Waals surface area (Å²) >= 11 is 0. The first-order valence-electron chi connectivity index (χ1n) is 5.44. The summed E-state index contributed by atoms with van der Waals surface area (Å²) in [6.07, 6.45) is 0. The van der Waals surface area contributed by atoms with E-state index in [4.69, 9.17) is 5.26 Å². The third-order valence-corrected chi connectivity index (χ3v) is 2.43. The van der Waals surface area contributed by atoms with E-state index in [1.807, 2.05) is 37.3 Å². The van der Waals surface area contributed by atoms with Crippen LogP contribution in [-0.2, 0) is 6.54 Å². The standard InChI is InChI=1S/C14H13N3/c1-11-3-2-4-14(17-11)10-16-13-7-5-12(9-15)6-8-13/h2-8,16H,10H2,1H3. The molecule has 0 atom stereocenters. The van der Waals surface area contributed by atoms with Gasteiger partial charge in [0.05, 0.1) is 23.9 Å². The lowest BCUT2D eigenvalue weighted by Crippen LogP contribution is -2.02. The highest BCUT2D eigenvalue weighted by Crippen LogP contribution is 2.10. The molecule has 2 aromatic rings. The summed E-state index contributed by atoms with van der Waals surface area (Å²) in [6, 6.07) is 15.5. The van der Waals surface area contributed by atoms with Gasteiger partial charge in [0.2, 0.25) is 0 Å². The van der Waals surface area contributed by atoms with E-state index in [1.165, 1.54) is 0 Å². The summed E-state index contributed by atoms with van der Waals surface area (Å²) < 4.78 is 0. The van der Waals surface area contributed by atoms with E-state index < -0.39 is 0 Å². The molecule has 0 saturated carbocycles. The zero-order chi connectivity index (χ0) is 12.1. The van der Waals surface area contributed by atoms with E-state index in [1.54, 1.807) is 12.1 Å². The minimum atomic E-state index is 0.671. The fourth-order valence-electron chi connectivity index (χ4n) is 1.55. The molecule has 0 spiro atoms. The fourth-order valence-corrected chi connectivity index (χ4v) is 1.55. The van der Waals surface area contributed by atoms with Crippen LogP contribution in [0.3, 0.4) is 0 Å². The third-order valence-electron chi connectivity index (χ3n) is 2.43. The molecule has 84 valence electrons. The summed E-state index contributed by atoms with van der Waals surface area (Å²) in [5, 5.41) is 12.0. The number of hydrogen-bond donors (Lipinski definition) is 1. The second-order valence-electron chi connectivity index (χ2n) is 3.81. The Morgan fingerprint density at radius 3 is 2.59 bits per heavy atom. The van der Waals surface area contributed by atoms with Crippen LogP contribution in [0.5, 0.6) is 0 Å². The summed E-state index contributed by atoms with van der Waals surface area (Å²) in [6.45, 7) is 2.67. The van der Waals surface area contributed by atoms with Crippen molar-refractivity contribution in [2.24, 2.45) is 0 Å². The molecule has 3 heteroatoms. The van der Waals surface area contributed by atoms with Crippen molar-refractivity contribution in [3.8, 4) is 6.07 Å². The van der Waals surface area contributed by atoms with Crippen molar-refractivity contribution in [1.29, 1.82) is 5.26 Å². The van der Waals surface area contributed by atoms with Crippen LogP contribution in [0.1, 0.15) is 17.0 Å². The van der Waals surface area contributed by atoms with Gasteiger partial charge in [-0.3, -0.25) is 4.98 Å². The molecule has 0 saturated heterocycles. The molecule has 2 rings (SSSR count). The first kappa shape index (κ1) is 11.2. The Hall–Kier alpha value is -2.34. The van der Waals surface area contributed by atoms with Gasteiger partial charge < -0.3 is 5.32 Å². The topological polar surface area (TPSA) is 48.7 Å². The fraction of sp³-hybridized carbons (Fsp3) is 0.143. The number of nitrogens with zero attached hydrogens (tertiary/aromatic N) is 2. The predicted molar refractivity (Wildman–Crippen MR) is 67.5 cm³/mol. The SMILES string of the molecule is Cc1cccc(CNc2ccc(C#N)cc2)n1. The lowest BCUT2D eigenvalue weighted by atomic mass is 10.2. The van der Waals surface area contributed by atoms with Gasteiger partial charge in [-0.25, -0.2) is 0 Å². The molecule has 0 amide bonds. The summed E-state index contributed by atoms with van der Waals surface area (Å²) in [7, 11) is 0. The van der Waals surface area contributed by atoms with Gasteiger partial charge in [0, 0.05) is 11.4 Å². The van der Waals surface area contributed by atoms with Crippen molar-refractivity contribution in [2.45, 2.75) is 13.5 Å². The monoisotopic (exact) mass is 223 g/mol. The molecule has 0 unspecified atom stereocenters. The van der Waals surface area contributed by atoms with Crippen molar-refractivity contribution >= 4 is 5.69 Å². The Labute approximate surface area is 101 Å². The molecule has 17 heavy (non-hydrogen) atoms. The largest absolute Gasteiger partial charge is 0.379 e. The van der Waals surface area contributed by atoms with Crippen LogP contribution in [0, 0.1) is 18.3 Å². The van der Waals surface area contributed by atoms with Crippen LogP contribution in [0.2, 0.25) is 0 Å². The second-order valence-corrected chi connectivity index (χ2v) is 3.81. The average Bonchev–Trinajstić information content (AvgIpc) is 2.37. The zero-order valence-corrected chi connectivity index (χ0v) is 9.64. The lowest BCUT2D eigenvalue weighted by Gasteiger charge is -2.06. The molecular weight excluding hydrogens is 210 g/mol. The minimum absolute atomic E-state index is 0.671. The number of aromatic nitrogens is 1. The number of rotatable bonds is 3. The molecule has 1 aromatic carbocycles. The van der Waals surface area contributed by atoms with Gasteiger partial charge in [0.15, 0.2) is 0 Å². The van der Waals surface area contributed by atoms with Gasteiger partial charge in [-0.2, -0.15) is 5.26 Å². The van der Waals surface area contributed by atoms with Crippen molar-refractivity contribution < 1.29 is 0 Å². The first-order chi connectivity index (χ1) is 8.28. The Bertz CT molecular complexity index is 538. The maximum atomic E-state index is 8.69. The molecule has 1 heterocycles. The van der Waals surface area contributed by atoms with Gasteiger partial charge in [-0.05, 0) is 43.3 Å². The normalized spacial score (nSPS) is 9.65. The van der Waals surface area contributed by atoms with Crippen LogP contribution >= 0.6 is 0 Å². The molecule has 1 aromatic heterocycles. The van der Waals surface area contributed by atoms with Gasteiger partial charge in [0.1, 0.15) is 0 Å². The maximum Gasteiger partial charge on any atom is 0.0991 e. The average molecular weight is 223 g/mol. The molecule has 3 nitrogen and oxygen atoms in total. The molecule has 0 aliphatic carbocycles. The van der Waals surface area contributed by atoms with Crippen LogP contribution in [-0.4, -0.2) is 4.98 Å². The summed E-state index contributed by atoms with van der Waals surface area (Å²) in [5.74, 6) is 0. The molecule has 0 fully saturated rings. The molecule has 0 aliphatic heterocycles. The number of anilines is 1. The van der Waals surface area contributed by atoms with Crippen LogP contribution in [0.4, 0.5) is 5.69 Å². The lowest BCUT2D eigenvalue weighted by molar-refractivity contribution is 1.02. The van der Waals surface area contributed by atoms with E-state index >= 15 is 0 Å². The van der Waals surface area contributed by atoms with Crippen LogP contribution < -0.4 is 5.32 Å². The Balaban J connectivity index is 2.00. The Morgan fingerprint density at radius 1 is 1.18 bits per heavy atom. The van der Waals surface area contributed by atoms with Crippen molar-refractivity contribution in [3.05, 3.63) is 59.4 Å². The van der Waals surface area contributed by atoms with Gasteiger partial charge >= 0.3 is 0 Å². The van der Waals surface area contributed by atoms with Crippen LogP contribution in [0.25, 0.3) is 0 Å². The smallest absolute Gasteiger partial charge is 0.0991 e. The summed E-state index contributed by atoms with van der Waals surface area (Å²) in [4.78, 5) is 4.41. The molecule has 0 radical (unpaired) electrons. The number of pyridine rings is 1. The zero-order valence-electron chi connectivity index (χ0n) is 9.64. The van der Waals surface area contributed by atoms with Gasteiger partial charge in [0.25, 0.3) is 0 Å². The Morgan fingerprint density at radius 2 is 1.94 bits per heavy atom. The highest BCUT2D eigenvalue weighted by atomic mass is 14.9. The number of benzene rings is 1. The molecular formula is C14H13N3.